The molecule has 0 aromatic heterocycles. The first kappa shape index (κ1) is 11.4. The number of benzene rings is 1. The van der Waals surface area contributed by atoms with E-state index in [2.05, 4.69) is 0 Å². The number of hydrogen-bond donors (Lipinski definition) is 1. The number of ether oxygens (including phenoxy) is 1. The highest BCUT2D eigenvalue weighted by atomic mass is 35.5. The highest BCUT2D eigenvalue weighted by Gasteiger charge is 2.12. The Bertz CT molecular complexity index is 331. The molecule has 0 fully saturated rings. The van der Waals surface area contributed by atoms with Crippen LogP contribution in [0.1, 0.15) is 0 Å². The van der Waals surface area contributed by atoms with Crippen molar-refractivity contribution >= 4 is 28.9 Å². The minimum atomic E-state index is 0.368. The Labute approximate surface area is 93.3 Å². The van der Waals surface area contributed by atoms with Crippen molar-refractivity contribution in [2.75, 3.05) is 25.7 Å². The first-order chi connectivity index (χ1) is 6.60. The molecule has 1 aromatic carbocycles. The number of methoxy groups -OCH3 is 1. The van der Waals surface area contributed by atoms with Crippen molar-refractivity contribution in [1.82, 2.24) is 0 Å². The van der Waals surface area contributed by atoms with Crippen LogP contribution < -0.4 is 15.4 Å². The molecule has 0 atom stereocenters. The second kappa shape index (κ2) is 4.73. The Morgan fingerprint density at radius 3 is 2.57 bits per heavy atom. The summed E-state index contributed by atoms with van der Waals surface area (Å²) in [5.74, 6) is 0.587. The highest BCUT2D eigenvalue weighted by Crippen LogP contribution is 2.37. The molecule has 0 aliphatic carbocycles. The molecule has 0 aliphatic rings. The van der Waals surface area contributed by atoms with E-state index in [-0.39, 0.29) is 0 Å². The van der Waals surface area contributed by atoms with Gasteiger partial charge in [-0.1, -0.05) is 23.2 Å². The summed E-state index contributed by atoms with van der Waals surface area (Å²) in [5.41, 5.74) is 6.30. The van der Waals surface area contributed by atoms with Crippen LogP contribution in [0.25, 0.3) is 0 Å². The Kier molecular flexibility index (Phi) is 3.86. The molecule has 0 unspecified atom stereocenters. The average molecular weight is 235 g/mol. The molecule has 0 bridgehead atoms. The summed E-state index contributed by atoms with van der Waals surface area (Å²) in [7, 11) is 3.40. The van der Waals surface area contributed by atoms with Crippen LogP contribution in [0.2, 0.25) is 10.0 Å². The van der Waals surface area contributed by atoms with Gasteiger partial charge in [0.25, 0.3) is 0 Å². The van der Waals surface area contributed by atoms with Crippen molar-refractivity contribution in [2.45, 2.75) is 0 Å². The molecule has 0 aliphatic heterocycles. The molecule has 78 valence electrons. The van der Waals surface area contributed by atoms with Gasteiger partial charge in [-0.15, -0.1) is 0 Å². The minimum Gasteiger partial charge on any atom is -0.493 e. The summed E-state index contributed by atoms with van der Waals surface area (Å²) in [6.07, 6.45) is 0. The van der Waals surface area contributed by atoms with E-state index in [1.165, 1.54) is 0 Å². The van der Waals surface area contributed by atoms with Crippen molar-refractivity contribution in [1.29, 1.82) is 0 Å². The van der Waals surface area contributed by atoms with Gasteiger partial charge in [0.2, 0.25) is 0 Å². The lowest BCUT2D eigenvalue weighted by molar-refractivity contribution is 0.415. The molecule has 2 N–H and O–H groups in total. The van der Waals surface area contributed by atoms with Crippen molar-refractivity contribution < 1.29 is 4.74 Å². The predicted octanol–water partition coefficient (Wildman–Crippen LogP) is 2.35. The molecule has 0 heterocycles. The molecule has 0 saturated carbocycles. The van der Waals surface area contributed by atoms with Crippen LogP contribution in [0.4, 0.5) is 5.69 Å². The van der Waals surface area contributed by atoms with Gasteiger partial charge in [-0.05, 0) is 12.1 Å². The van der Waals surface area contributed by atoms with Gasteiger partial charge in [0.1, 0.15) is 0 Å². The first-order valence-electron chi connectivity index (χ1n) is 4.04. The lowest BCUT2D eigenvalue weighted by atomic mass is 10.2. The van der Waals surface area contributed by atoms with E-state index in [0.29, 0.717) is 22.5 Å². The van der Waals surface area contributed by atoms with Crippen molar-refractivity contribution in [3.63, 3.8) is 0 Å². The van der Waals surface area contributed by atoms with Crippen LogP contribution in [0.15, 0.2) is 12.1 Å². The summed E-state index contributed by atoms with van der Waals surface area (Å²) in [6, 6.07) is 3.40. The molecular weight excluding hydrogens is 223 g/mol. The fourth-order valence-electron chi connectivity index (χ4n) is 1.13. The SMILES string of the molecule is COc1c(Cl)cc(Cl)cc1N(C)CN. The summed E-state index contributed by atoms with van der Waals surface area (Å²) < 4.78 is 5.17. The maximum absolute atomic E-state index is 5.96. The molecule has 0 saturated heterocycles. The van der Waals surface area contributed by atoms with Crippen molar-refractivity contribution in [3.05, 3.63) is 22.2 Å². The molecule has 0 radical (unpaired) electrons. The number of halogens is 2. The number of anilines is 1. The van der Waals surface area contributed by atoms with E-state index in [1.807, 2.05) is 7.05 Å². The van der Waals surface area contributed by atoms with Crippen LogP contribution in [-0.2, 0) is 0 Å². The molecule has 5 heteroatoms. The summed E-state index contributed by atoms with van der Waals surface area (Å²) in [5, 5.41) is 1.04. The molecule has 0 amide bonds. The van der Waals surface area contributed by atoms with E-state index >= 15 is 0 Å². The summed E-state index contributed by atoms with van der Waals surface area (Å²) in [6.45, 7) is 0.368. The van der Waals surface area contributed by atoms with Gasteiger partial charge in [-0.2, -0.15) is 0 Å². The second-order valence-electron chi connectivity index (χ2n) is 2.82. The Morgan fingerprint density at radius 1 is 1.43 bits per heavy atom. The normalized spacial score (nSPS) is 10.1. The molecule has 3 nitrogen and oxygen atoms in total. The third kappa shape index (κ3) is 2.23. The van der Waals surface area contributed by atoms with Gasteiger partial charge < -0.3 is 15.4 Å². The van der Waals surface area contributed by atoms with Crippen LogP contribution in [0.3, 0.4) is 0 Å². The first-order valence-corrected chi connectivity index (χ1v) is 4.80. The predicted molar refractivity (Wildman–Crippen MR) is 60.5 cm³/mol. The van der Waals surface area contributed by atoms with Crippen LogP contribution in [0, 0.1) is 0 Å². The molecular formula is C9H12Cl2N2O. The van der Waals surface area contributed by atoms with Gasteiger partial charge in [-0.25, -0.2) is 0 Å². The Balaban J connectivity index is 3.24. The molecule has 0 spiro atoms. The van der Waals surface area contributed by atoms with Gasteiger partial charge in [-0.3, -0.25) is 0 Å². The number of hydrogen-bond acceptors (Lipinski definition) is 3. The largest absolute Gasteiger partial charge is 0.493 e. The van der Waals surface area contributed by atoms with E-state index in [0.717, 1.165) is 5.69 Å². The van der Waals surface area contributed by atoms with Crippen LogP contribution in [-0.4, -0.2) is 20.8 Å². The maximum Gasteiger partial charge on any atom is 0.160 e. The number of nitrogens with two attached hydrogens (primary N) is 1. The van der Waals surface area contributed by atoms with Crippen LogP contribution >= 0.6 is 23.2 Å². The van der Waals surface area contributed by atoms with Crippen molar-refractivity contribution in [2.24, 2.45) is 5.73 Å². The molecule has 14 heavy (non-hydrogen) atoms. The van der Waals surface area contributed by atoms with Gasteiger partial charge in [0.15, 0.2) is 5.75 Å². The van der Waals surface area contributed by atoms with E-state index in [1.54, 1.807) is 24.1 Å². The summed E-state index contributed by atoms with van der Waals surface area (Å²) in [4.78, 5) is 1.80. The molecule has 1 rings (SSSR count). The van der Waals surface area contributed by atoms with Crippen LogP contribution in [0.5, 0.6) is 5.75 Å². The fourth-order valence-corrected chi connectivity index (χ4v) is 1.69. The smallest absolute Gasteiger partial charge is 0.160 e. The summed E-state index contributed by atoms with van der Waals surface area (Å²) >= 11 is 11.8. The quantitative estimate of drug-likeness (QED) is 0.817. The van der Waals surface area contributed by atoms with Gasteiger partial charge in [0.05, 0.1) is 24.5 Å². The van der Waals surface area contributed by atoms with E-state index < -0.39 is 0 Å². The van der Waals surface area contributed by atoms with E-state index in [9.17, 15) is 0 Å². The zero-order valence-corrected chi connectivity index (χ0v) is 9.56. The Hall–Kier alpha value is -0.640. The standard InChI is InChI=1S/C9H12Cl2N2O/c1-13(5-12)8-4-6(10)3-7(11)9(8)14-2/h3-4H,5,12H2,1-2H3. The minimum absolute atomic E-state index is 0.368. The number of nitrogens with zero attached hydrogens (tertiary/aromatic N) is 1. The maximum atomic E-state index is 5.96. The third-order valence-corrected chi connectivity index (χ3v) is 2.38. The lowest BCUT2D eigenvalue weighted by Gasteiger charge is -2.20. The van der Waals surface area contributed by atoms with Crippen molar-refractivity contribution in [3.8, 4) is 5.75 Å². The fraction of sp³-hybridized carbons (Fsp3) is 0.333. The Morgan fingerprint density at radius 2 is 2.07 bits per heavy atom. The highest BCUT2D eigenvalue weighted by molar-refractivity contribution is 6.36. The van der Waals surface area contributed by atoms with E-state index in [4.69, 9.17) is 33.7 Å². The average Bonchev–Trinajstić information content (AvgIpc) is 2.15. The van der Waals surface area contributed by atoms with Gasteiger partial charge in [0, 0.05) is 12.1 Å². The molecule has 1 aromatic rings. The zero-order valence-electron chi connectivity index (χ0n) is 8.05. The van der Waals surface area contributed by atoms with Gasteiger partial charge >= 0.3 is 0 Å². The zero-order chi connectivity index (χ0) is 10.7. The monoisotopic (exact) mass is 234 g/mol. The lowest BCUT2D eigenvalue weighted by Crippen LogP contribution is -2.25. The third-order valence-electron chi connectivity index (χ3n) is 1.88. The topological polar surface area (TPSA) is 38.5 Å². The second-order valence-corrected chi connectivity index (χ2v) is 3.66. The number of rotatable bonds is 3.